The summed E-state index contributed by atoms with van der Waals surface area (Å²) in [7, 11) is -3.69. The molecule has 33 heavy (non-hydrogen) atoms. The number of amides is 1. The number of pyridine rings is 1. The lowest BCUT2D eigenvalue weighted by Gasteiger charge is -2.32. The highest BCUT2D eigenvalue weighted by molar-refractivity contribution is 7.89. The maximum absolute atomic E-state index is 12.9. The Bertz CT molecular complexity index is 1210. The molecule has 1 aliphatic heterocycles. The van der Waals surface area contributed by atoms with E-state index in [0.29, 0.717) is 38.2 Å². The van der Waals surface area contributed by atoms with Crippen LogP contribution >= 0.6 is 0 Å². The molecule has 176 valence electrons. The van der Waals surface area contributed by atoms with E-state index in [9.17, 15) is 13.2 Å². The van der Waals surface area contributed by atoms with E-state index in [2.05, 4.69) is 20.3 Å². The molecule has 1 saturated heterocycles. The quantitative estimate of drug-likeness (QED) is 0.457. The van der Waals surface area contributed by atoms with Gasteiger partial charge in [0.25, 0.3) is 0 Å². The molecule has 1 atom stereocenters. The summed E-state index contributed by atoms with van der Waals surface area (Å²) < 4.78 is 33.4. The maximum Gasteiger partial charge on any atom is 0.405 e. The average molecular weight is 474 g/mol. The second-order valence-electron chi connectivity index (χ2n) is 8.12. The molecular formula is C22H27N5O5S. The SMILES string of the molecule is Cc1cc(COC2CCN(S(=O)(=O)CC(NC(=O)O)c3c[nH]cn3)CC2)c2ccccc2n1. The van der Waals surface area contributed by atoms with Crippen molar-refractivity contribution in [3.63, 3.8) is 0 Å². The zero-order valence-electron chi connectivity index (χ0n) is 18.3. The number of carbonyl (C=O) groups is 1. The van der Waals surface area contributed by atoms with Crippen LogP contribution in [0.2, 0.25) is 0 Å². The first-order valence-electron chi connectivity index (χ1n) is 10.7. The van der Waals surface area contributed by atoms with E-state index in [0.717, 1.165) is 22.2 Å². The minimum atomic E-state index is -3.69. The number of ether oxygens (including phenoxy) is 1. The summed E-state index contributed by atoms with van der Waals surface area (Å²) in [5, 5.41) is 12.4. The Balaban J connectivity index is 1.35. The number of nitrogens with zero attached hydrogens (tertiary/aromatic N) is 3. The van der Waals surface area contributed by atoms with Gasteiger partial charge in [-0.3, -0.25) is 4.98 Å². The summed E-state index contributed by atoms with van der Waals surface area (Å²) in [4.78, 5) is 22.4. The van der Waals surface area contributed by atoms with Crippen LogP contribution in [0.1, 0.15) is 35.8 Å². The first-order chi connectivity index (χ1) is 15.8. The van der Waals surface area contributed by atoms with E-state index in [1.165, 1.54) is 16.8 Å². The van der Waals surface area contributed by atoms with Crippen LogP contribution in [-0.2, 0) is 21.4 Å². The minimum absolute atomic E-state index is 0.0528. The van der Waals surface area contributed by atoms with Gasteiger partial charge in [0.15, 0.2) is 0 Å². The minimum Gasteiger partial charge on any atom is -0.465 e. The Morgan fingerprint density at radius 1 is 1.33 bits per heavy atom. The van der Waals surface area contributed by atoms with Crippen molar-refractivity contribution in [2.24, 2.45) is 0 Å². The Morgan fingerprint density at radius 3 is 2.79 bits per heavy atom. The number of para-hydroxylation sites is 1. The van der Waals surface area contributed by atoms with Crippen LogP contribution in [0.3, 0.4) is 0 Å². The molecule has 0 aliphatic carbocycles. The van der Waals surface area contributed by atoms with Crippen LogP contribution in [-0.4, -0.2) is 63.8 Å². The van der Waals surface area contributed by atoms with E-state index < -0.39 is 27.9 Å². The number of aromatic nitrogens is 3. The molecule has 3 aromatic rings. The van der Waals surface area contributed by atoms with Crippen LogP contribution in [0.15, 0.2) is 42.9 Å². The number of aromatic amines is 1. The summed E-state index contributed by atoms with van der Waals surface area (Å²) in [6.07, 6.45) is 2.66. The number of hydrogen-bond donors (Lipinski definition) is 3. The highest BCUT2D eigenvalue weighted by Gasteiger charge is 2.32. The van der Waals surface area contributed by atoms with E-state index in [1.54, 1.807) is 0 Å². The molecule has 1 aromatic carbocycles. The Hall–Kier alpha value is -3.02. The van der Waals surface area contributed by atoms with Crippen molar-refractivity contribution >= 4 is 27.0 Å². The summed E-state index contributed by atoms with van der Waals surface area (Å²) in [6, 6.07) is 9.00. The molecule has 1 amide bonds. The number of sulfonamides is 1. The number of carboxylic acid groups (broad SMARTS) is 1. The van der Waals surface area contributed by atoms with Gasteiger partial charge in [-0.25, -0.2) is 22.5 Å². The second kappa shape index (κ2) is 9.86. The zero-order valence-corrected chi connectivity index (χ0v) is 19.1. The fourth-order valence-corrected chi connectivity index (χ4v) is 5.78. The van der Waals surface area contributed by atoms with E-state index in [-0.39, 0.29) is 6.10 Å². The van der Waals surface area contributed by atoms with Gasteiger partial charge in [-0.2, -0.15) is 0 Å². The number of hydrogen-bond acceptors (Lipinski definition) is 6. The number of fused-ring (bicyclic) bond motifs is 1. The molecule has 3 heterocycles. The third-order valence-electron chi connectivity index (χ3n) is 5.75. The number of piperidine rings is 1. The maximum atomic E-state index is 12.9. The first kappa shape index (κ1) is 23.1. The molecule has 2 aromatic heterocycles. The van der Waals surface area contributed by atoms with Gasteiger partial charge in [0, 0.05) is 30.4 Å². The largest absolute Gasteiger partial charge is 0.465 e. The van der Waals surface area contributed by atoms with Crippen molar-refractivity contribution in [2.75, 3.05) is 18.8 Å². The molecule has 4 rings (SSSR count). The average Bonchev–Trinajstić information content (AvgIpc) is 3.32. The molecule has 10 nitrogen and oxygen atoms in total. The summed E-state index contributed by atoms with van der Waals surface area (Å²) in [5.74, 6) is -0.391. The zero-order chi connectivity index (χ0) is 23.4. The molecule has 3 N–H and O–H groups in total. The number of nitrogens with one attached hydrogen (secondary N) is 2. The Morgan fingerprint density at radius 2 is 2.09 bits per heavy atom. The van der Waals surface area contributed by atoms with Crippen LogP contribution < -0.4 is 5.32 Å². The van der Waals surface area contributed by atoms with Gasteiger partial charge >= 0.3 is 6.09 Å². The van der Waals surface area contributed by atoms with Crippen LogP contribution in [0.4, 0.5) is 4.79 Å². The molecule has 11 heteroatoms. The van der Waals surface area contributed by atoms with E-state index >= 15 is 0 Å². The monoisotopic (exact) mass is 473 g/mol. The van der Waals surface area contributed by atoms with Gasteiger partial charge in [-0.1, -0.05) is 18.2 Å². The molecule has 0 bridgehead atoms. The number of aryl methyl sites for hydroxylation is 1. The van der Waals surface area contributed by atoms with Gasteiger partial charge in [0.2, 0.25) is 10.0 Å². The van der Waals surface area contributed by atoms with Crippen molar-refractivity contribution in [1.29, 1.82) is 0 Å². The van der Waals surface area contributed by atoms with Gasteiger partial charge in [0.05, 0.1) is 42.0 Å². The summed E-state index contributed by atoms with van der Waals surface area (Å²) in [6.45, 7) is 3.03. The van der Waals surface area contributed by atoms with Gasteiger partial charge in [-0.05, 0) is 37.5 Å². The molecule has 0 radical (unpaired) electrons. The first-order valence-corrected chi connectivity index (χ1v) is 12.4. The summed E-state index contributed by atoms with van der Waals surface area (Å²) >= 11 is 0. The van der Waals surface area contributed by atoms with Crippen molar-refractivity contribution < 1.29 is 23.1 Å². The molecule has 1 unspecified atom stereocenters. The van der Waals surface area contributed by atoms with Crippen molar-refractivity contribution in [2.45, 2.75) is 38.5 Å². The van der Waals surface area contributed by atoms with Gasteiger partial charge < -0.3 is 20.1 Å². The predicted octanol–water partition coefficient (Wildman–Crippen LogP) is 2.59. The lowest BCUT2D eigenvalue weighted by atomic mass is 10.1. The Kier molecular flexibility index (Phi) is 6.91. The second-order valence-corrected chi connectivity index (χ2v) is 10.1. The molecule has 1 fully saturated rings. The lowest BCUT2D eigenvalue weighted by molar-refractivity contribution is 0.0106. The predicted molar refractivity (Wildman–Crippen MR) is 122 cm³/mol. The smallest absolute Gasteiger partial charge is 0.405 e. The van der Waals surface area contributed by atoms with Crippen molar-refractivity contribution in [3.8, 4) is 0 Å². The van der Waals surface area contributed by atoms with E-state index in [4.69, 9.17) is 9.84 Å². The lowest BCUT2D eigenvalue weighted by Crippen LogP contribution is -2.44. The number of benzene rings is 1. The molecule has 0 saturated carbocycles. The van der Waals surface area contributed by atoms with Crippen LogP contribution in [0.25, 0.3) is 10.9 Å². The third-order valence-corrected chi connectivity index (χ3v) is 7.66. The van der Waals surface area contributed by atoms with Crippen LogP contribution in [0.5, 0.6) is 0 Å². The van der Waals surface area contributed by atoms with Crippen molar-refractivity contribution in [1.82, 2.24) is 24.6 Å². The normalized spacial score (nSPS) is 16.6. The number of rotatable bonds is 8. The fourth-order valence-electron chi connectivity index (χ4n) is 4.13. The van der Waals surface area contributed by atoms with Crippen LogP contribution in [0, 0.1) is 6.92 Å². The topological polar surface area (TPSA) is 138 Å². The highest BCUT2D eigenvalue weighted by Crippen LogP contribution is 2.24. The highest BCUT2D eigenvalue weighted by atomic mass is 32.2. The summed E-state index contributed by atoms with van der Waals surface area (Å²) in [5.41, 5.74) is 3.25. The molecule has 1 aliphatic rings. The van der Waals surface area contributed by atoms with E-state index in [1.807, 2.05) is 37.3 Å². The number of H-pyrrole nitrogens is 1. The van der Waals surface area contributed by atoms with Gasteiger partial charge in [-0.15, -0.1) is 0 Å². The molecular weight excluding hydrogens is 446 g/mol. The fraction of sp³-hybridized carbons (Fsp3) is 0.409. The van der Waals surface area contributed by atoms with Gasteiger partial charge in [0.1, 0.15) is 0 Å². The number of imidazole rings is 1. The Labute approximate surface area is 192 Å². The standard InChI is InChI=1S/C22H27N5O5S/c1-15-10-16(18-4-2-3-5-19(18)25-15)12-32-17-6-8-27(9-7-17)33(30,31)13-21(26-22(28)29)20-11-23-14-24-20/h2-5,10-11,14,17,21,26H,6-9,12-13H2,1H3,(H,23,24)(H,28,29). The van der Waals surface area contributed by atoms with Crippen molar-refractivity contribution in [3.05, 3.63) is 59.8 Å². The molecule has 0 spiro atoms. The third kappa shape index (κ3) is 5.67.